The predicted molar refractivity (Wildman–Crippen MR) is 138 cm³/mol. The molecule has 2 aromatic rings. The molecular formula is C28H32Cl2F2N2O2. The van der Waals surface area contributed by atoms with Gasteiger partial charge in [0.15, 0.2) is 0 Å². The minimum absolute atomic E-state index is 0.0268. The molecule has 4 nitrogen and oxygen atoms in total. The van der Waals surface area contributed by atoms with Gasteiger partial charge in [-0.15, -0.1) is 0 Å². The zero-order chi connectivity index (χ0) is 25.4. The molecule has 0 spiro atoms. The smallest absolute Gasteiger partial charge is 0.256 e. The van der Waals surface area contributed by atoms with Crippen LogP contribution in [0, 0.1) is 11.2 Å². The van der Waals surface area contributed by atoms with Gasteiger partial charge in [0.2, 0.25) is 0 Å². The highest BCUT2D eigenvalue weighted by atomic mass is 35.5. The normalized spacial score (nSPS) is 22.1. The van der Waals surface area contributed by atoms with Crippen molar-refractivity contribution in [3.05, 3.63) is 62.9 Å². The van der Waals surface area contributed by atoms with Crippen molar-refractivity contribution in [2.75, 3.05) is 32.8 Å². The lowest BCUT2D eigenvalue weighted by atomic mass is 9.81. The van der Waals surface area contributed by atoms with Crippen LogP contribution >= 0.6 is 23.2 Å². The molecule has 5 rings (SSSR count). The molecule has 1 unspecified atom stereocenters. The number of amides is 1. The van der Waals surface area contributed by atoms with Crippen LogP contribution in [0.25, 0.3) is 0 Å². The maximum absolute atomic E-state index is 15.0. The molecule has 36 heavy (non-hydrogen) atoms. The van der Waals surface area contributed by atoms with Crippen molar-refractivity contribution in [2.24, 2.45) is 5.41 Å². The summed E-state index contributed by atoms with van der Waals surface area (Å²) < 4.78 is 34.9. The molecular weight excluding hydrogens is 505 g/mol. The number of alkyl halides is 1. The molecule has 1 atom stereocenters. The fourth-order valence-corrected chi connectivity index (χ4v) is 5.83. The minimum Gasteiger partial charge on any atom is -0.493 e. The SMILES string of the molecule is CC1(COc2cc(F)c(C(=O)N3CCC(F)C3)cc2C2CC2)CCN(Cc2cc(Cl)cc(Cl)c2)CC1. The Morgan fingerprint density at radius 3 is 2.36 bits per heavy atom. The number of nitrogens with zero attached hydrogens (tertiary/aromatic N) is 2. The Bertz CT molecular complexity index is 1110. The second-order valence-electron chi connectivity index (χ2n) is 10.9. The van der Waals surface area contributed by atoms with Gasteiger partial charge in [-0.1, -0.05) is 30.1 Å². The van der Waals surface area contributed by atoms with Crippen molar-refractivity contribution in [3.8, 4) is 5.75 Å². The molecule has 1 amide bonds. The summed E-state index contributed by atoms with van der Waals surface area (Å²) in [5.74, 6) is -0.198. The number of carbonyl (C=O) groups excluding carboxylic acids is 1. The topological polar surface area (TPSA) is 32.8 Å². The van der Waals surface area contributed by atoms with Gasteiger partial charge >= 0.3 is 0 Å². The van der Waals surface area contributed by atoms with Crippen molar-refractivity contribution in [3.63, 3.8) is 0 Å². The number of rotatable bonds is 7. The lowest BCUT2D eigenvalue weighted by molar-refractivity contribution is 0.0650. The third-order valence-electron chi connectivity index (χ3n) is 7.73. The van der Waals surface area contributed by atoms with Gasteiger partial charge in [-0.25, -0.2) is 8.78 Å². The Labute approximate surface area is 221 Å². The van der Waals surface area contributed by atoms with Crippen LogP contribution in [0.1, 0.15) is 66.4 Å². The van der Waals surface area contributed by atoms with Crippen LogP contribution in [0.3, 0.4) is 0 Å². The Kier molecular flexibility index (Phi) is 7.49. The lowest BCUT2D eigenvalue weighted by Gasteiger charge is -2.39. The van der Waals surface area contributed by atoms with Crippen LogP contribution in [0.4, 0.5) is 8.78 Å². The summed E-state index contributed by atoms with van der Waals surface area (Å²) in [5, 5.41) is 1.29. The Morgan fingerprint density at radius 2 is 1.75 bits per heavy atom. The Balaban J connectivity index is 1.22. The highest BCUT2D eigenvalue weighted by Gasteiger charge is 2.35. The summed E-state index contributed by atoms with van der Waals surface area (Å²) in [5.41, 5.74) is 2.00. The third kappa shape index (κ3) is 5.98. The second kappa shape index (κ2) is 10.5. The van der Waals surface area contributed by atoms with Crippen LogP contribution in [-0.2, 0) is 6.54 Å². The van der Waals surface area contributed by atoms with Gasteiger partial charge in [-0.2, -0.15) is 0 Å². The molecule has 2 heterocycles. The maximum atomic E-state index is 15.0. The standard InChI is InChI=1S/C28H32Cl2F2N2O2/c1-28(5-8-33(9-6-28)15-18-10-20(29)12-21(30)11-18)17-36-26-14-25(32)24(13-23(26)19-2-3-19)27(35)34-7-4-22(31)16-34/h10-14,19,22H,2-9,15-17H2,1H3. The Morgan fingerprint density at radius 1 is 1.06 bits per heavy atom. The zero-order valence-electron chi connectivity index (χ0n) is 20.5. The maximum Gasteiger partial charge on any atom is 0.256 e. The average molecular weight is 537 g/mol. The van der Waals surface area contributed by atoms with Gasteiger partial charge in [-0.3, -0.25) is 9.69 Å². The molecule has 1 saturated carbocycles. The van der Waals surface area contributed by atoms with Crippen LogP contribution < -0.4 is 4.74 Å². The van der Waals surface area contributed by atoms with E-state index in [9.17, 15) is 9.18 Å². The molecule has 0 radical (unpaired) electrons. The number of benzene rings is 2. The van der Waals surface area contributed by atoms with Gasteiger partial charge in [0.1, 0.15) is 17.7 Å². The van der Waals surface area contributed by atoms with Crippen molar-refractivity contribution in [1.29, 1.82) is 0 Å². The first kappa shape index (κ1) is 25.7. The fraction of sp³-hybridized carbons (Fsp3) is 0.536. The minimum atomic E-state index is -1.03. The van der Waals surface area contributed by atoms with Crippen molar-refractivity contribution in [1.82, 2.24) is 9.80 Å². The summed E-state index contributed by atoms with van der Waals surface area (Å²) in [6.45, 7) is 5.72. The number of hydrogen-bond acceptors (Lipinski definition) is 3. The first-order valence-corrected chi connectivity index (χ1v) is 13.5. The summed E-state index contributed by atoms with van der Waals surface area (Å²) in [6, 6.07) is 8.66. The molecule has 2 aromatic carbocycles. The number of carbonyl (C=O) groups is 1. The quantitative estimate of drug-likeness (QED) is 0.386. The molecule has 1 aliphatic carbocycles. The molecule has 8 heteroatoms. The van der Waals surface area contributed by atoms with E-state index in [1.807, 2.05) is 12.1 Å². The monoisotopic (exact) mass is 536 g/mol. The Hall–Kier alpha value is -1.89. The third-order valence-corrected chi connectivity index (χ3v) is 8.17. The van der Waals surface area contributed by atoms with E-state index in [1.165, 1.54) is 11.0 Å². The van der Waals surface area contributed by atoms with Crippen molar-refractivity contribution in [2.45, 2.75) is 57.7 Å². The van der Waals surface area contributed by atoms with E-state index < -0.39 is 17.9 Å². The molecule has 3 aliphatic rings. The number of ether oxygens (including phenoxy) is 1. The van der Waals surface area contributed by atoms with Gasteiger partial charge < -0.3 is 9.64 Å². The molecule has 2 aliphatic heterocycles. The molecule has 0 N–H and O–H groups in total. The van der Waals surface area contributed by atoms with Crippen LogP contribution in [0.5, 0.6) is 5.75 Å². The van der Waals surface area contributed by atoms with Crippen LogP contribution in [-0.4, -0.2) is 54.7 Å². The first-order valence-electron chi connectivity index (χ1n) is 12.8. The van der Waals surface area contributed by atoms with Crippen LogP contribution in [0.15, 0.2) is 30.3 Å². The number of halogens is 4. The van der Waals surface area contributed by atoms with E-state index in [0.717, 1.165) is 56.4 Å². The van der Waals surface area contributed by atoms with Crippen LogP contribution in [0.2, 0.25) is 10.0 Å². The van der Waals surface area contributed by atoms with E-state index in [1.54, 1.807) is 12.1 Å². The number of piperidine rings is 1. The van der Waals surface area contributed by atoms with E-state index in [2.05, 4.69) is 11.8 Å². The molecule has 0 aromatic heterocycles. The van der Waals surface area contributed by atoms with Crippen molar-refractivity contribution < 1.29 is 18.3 Å². The summed E-state index contributed by atoms with van der Waals surface area (Å²) in [4.78, 5) is 16.6. The summed E-state index contributed by atoms with van der Waals surface area (Å²) in [6.07, 6.45) is 3.21. The van der Waals surface area contributed by atoms with E-state index in [4.69, 9.17) is 27.9 Å². The van der Waals surface area contributed by atoms with Gasteiger partial charge in [-0.05, 0) is 86.5 Å². The second-order valence-corrected chi connectivity index (χ2v) is 11.8. The lowest BCUT2D eigenvalue weighted by Crippen LogP contribution is -2.41. The van der Waals surface area contributed by atoms with Crippen molar-refractivity contribution >= 4 is 29.1 Å². The van der Waals surface area contributed by atoms with E-state index >= 15 is 4.39 Å². The van der Waals surface area contributed by atoms with E-state index in [-0.39, 0.29) is 17.5 Å². The van der Waals surface area contributed by atoms with Gasteiger partial charge in [0, 0.05) is 34.6 Å². The predicted octanol–water partition coefficient (Wildman–Crippen LogP) is 6.88. The highest BCUT2D eigenvalue weighted by Crippen LogP contribution is 2.46. The summed E-state index contributed by atoms with van der Waals surface area (Å²) >= 11 is 12.3. The fourth-order valence-electron chi connectivity index (χ4n) is 5.25. The van der Waals surface area contributed by atoms with Gasteiger partial charge in [0.05, 0.1) is 18.7 Å². The average Bonchev–Trinajstić information content (AvgIpc) is 3.58. The number of hydrogen-bond donors (Lipinski definition) is 0. The molecule has 2 saturated heterocycles. The largest absolute Gasteiger partial charge is 0.493 e. The van der Waals surface area contributed by atoms with Gasteiger partial charge in [0.25, 0.3) is 5.91 Å². The number of likely N-dealkylation sites (tertiary alicyclic amines) is 2. The first-order chi connectivity index (χ1) is 17.2. The van der Waals surface area contributed by atoms with E-state index in [0.29, 0.717) is 41.3 Å². The summed E-state index contributed by atoms with van der Waals surface area (Å²) in [7, 11) is 0. The zero-order valence-corrected chi connectivity index (χ0v) is 22.1. The molecule has 3 fully saturated rings. The molecule has 0 bridgehead atoms. The molecule has 194 valence electrons. The highest BCUT2D eigenvalue weighted by molar-refractivity contribution is 6.34.